The Morgan fingerprint density at radius 2 is 2.35 bits per heavy atom. The standard InChI is InChI=1S/C16H18N4O2S/c1-19(9-21)15-4-11-6-17-12(5-14(11)23-15)16(22)18-13-8-20-3-2-10(13)7-20/h4-6,9-10,13H,2-3,7-8H2,1H3,(H,18,22)/t10-,13?/m0/s1. The van der Waals surface area contributed by atoms with E-state index >= 15 is 0 Å². The number of hydrogen-bond donors (Lipinski definition) is 1. The summed E-state index contributed by atoms with van der Waals surface area (Å²) in [4.78, 5) is 31.5. The fourth-order valence-corrected chi connectivity index (χ4v) is 4.46. The van der Waals surface area contributed by atoms with Crippen LogP contribution >= 0.6 is 11.3 Å². The molecule has 2 bridgehead atoms. The van der Waals surface area contributed by atoms with Gasteiger partial charge in [0.15, 0.2) is 0 Å². The first-order valence-electron chi connectivity index (χ1n) is 7.75. The van der Waals surface area contributed by atoms with Crippen LogP contribution in [0.15, 0.2) is 18.3 Å². The zero-order valence-corrected chi connectivity index (χ0v) is 13.7. The maximum Gasteiger partial charge on any atom is 0.270 e. The van der Waals surface area contributed by atoms with Crippen molar-refractivity contribution in [3.05, 3.63) is 24.0 Å². The molecular formula is C16H18N4O2S. The number of anilines is 1. The van der Waals surface area contributed by atoms with Gasteiger partial charge in [-0.1, -0.05) is 0 Å². The monoisotopic (exact) mass is 330 g/mol. The minimum Gasteiger partial charge on any atom is -0.346 e. The average molecular weight is 330 g/mol. The molecule has 2 fully saturated rings. The van der Waals surface area contributed by atoms with Crippen LogP contribution in [0.4, 0.5) is 5.00 Å². The lowest BCUT2D eigenvalue weighted by Crippen LogP contribution is -2.43. The van der Waals surface area contributed by atoms with Gasteiger partial charge in [-0.3, -0.25) is 14.6 Å². The van der Waals surface area contributed by atoms with Gasteiger partial charge in [-0.15, -0.1) is 11.3 Å². The smallest absolute Gasteiger partial charge is 0.270 e. The number of carbonyl (C=O) groups excluding carboxylic acids is 2. The van der Waals surface area contributed by atoms with Gasteiger partial charge in [-0.25, -0.2) is 0 Å². The van der Waals surface area contributed by atoms with Crippen molar-refractivity contribution in [3.8, 4) is 0 Å². The number of aromatic nitrogens is 1. The third-order valence-corrected chi connectivity index (χ3v) is 5.96. The summed E-state index contributed by atoms with van der Waals surface area (Å²) in [5.41, 5.74) is 0.442. The number of pyridine rings is 1. The normalized spacial score (nSPS) is 25.7. The number of nitrogens with zero attached hydrogens (tertiary/aromatic N) is 3. The Bertz CT molecular complexity index is 775. The van der Waals surface area contributed by atoms with Crippen molar-refractivity contribution in [2.75, 3.05) is 31.6 Å². The second-order valence-electron chi connectivity index (χ2n) is 6.30. The molecule has 2 saturated heterocycles. The predicted octanol–water partition coefficient (Wildman–Crippen LogP) is 1.32. The van der Waals surface area contributed by atoms with Gasteiger partial charge in [0.05, 0.1) is 5.00 Å². The summed E-state index contributed by atoms with van der Waals surface area (Å²) < 4.78 is 0.963. The van der Waals surface area contributed by atoms with E-state index in [1.54, 1.807) is 13.2 Å². The Morgan fingerprint density at radius 3 is 3.04 bits per heavy atom. The van der Waals surface area contributed by atoms with Crippen LogP contribution in [0.1, 0.15) is 16.9 Å². The van der Waals surface area contributed by atoms with Gasteiger partial charge >= 0.3 is 0 Å². The number of fused-ring (bicyclic) bond motifs is 3. The summed E-state index contributed by atoms with van der Waals surface area (Å²) in [5, 5.41) is 4.92. The van der Waals surface area contributed by atoms with Gasteiger partial charge in [0.2, 0.25) is 6.41 Å². The molecule has 0 aromatic carbocycles. The largest absolute Gasteiger partial charge is 0.346 e. The van der Waals surface area contributed by atoms with E-state index in [1.165, 1.54) is 22.7 Å². The molecule has 2 aliphatic heterocycles. The van der Waals surface area contributed by atoms with Gasteiger partial charge < -0.3 is 15.1 Å². The molecule has 0 spiro atoms. The zero-order valence-electron chi connectivity index (χ0n) is 12.9. The Kier molecular flexibility index (Phi) is 3.54. The molecule has 2 aromatic rings. The highest BCUT2D eigenvalue weighted by Crippen LogP contribution is 2.32. The molecular weight excluding hydrogens is 312 g/mol. The molecule has 7 heteroatoms. The van der Waals surface area contributed by atoms with E-state index in [0.717, 1.165) is 41.1 Å². The number of hydrogen-bond acceptors (Lipinski definition) is 5. The number of nitrogens with one attached hydrogen (secondary N) is 1. The molecule has 2 aromatic heterocycles. The van der Waals surface area contributed by atoms with Crippen molar-refractivity contribution in [2.24, 2.45) is 5.92 Å². The van der Waals surface area contributed by atoms with Gasteiger partial charge in [0, 0.05) is 42.5 Å². The summed E-state index contributed by atoms with van der Waals surface area (Å²) in [6.07, 6.45) is 3.65. The third kappa shape index (κ3) is 2.60. The Morgan fingerprint density at radius 1 is 1.48 bits per heavy atom. The number of rotatable bonds is 4. The molecule has 0 radical (unpaired) electrons. The number of amides is 2. The SMILES string of the molecule is CN(C=O)c1cc2cnc(C(=O)NC3CN4CC[C@H]3C4)cc2s1. The Hall–Kier alpha value is -1.99. The highest BCUT2D eigenvalue weighted by Gasteiger charge is 2.38. The van der Waals surface area contributed by atoms with Crippen molar-refractivity contribution in [2.45, 2.75) is 12.5 Å². The van der Waals surface area contributed by atoms with Gasteiger partial charge in [0.1, 0.15) is 5.69 Å². The van der Waals surface area contributed by atoms with Crippen LogP contribution in [0.3, 0.4) is 0 Å². The quantitative estimate of drug-likeness (QED) is 0.859. The van der Waals surface area contributed by atoms with Gasteiger partial charge in [-0.2, -0.15) is 0 Å². The fraction of sp³-hybridized carbons (Fsp3) is 0.438. The highest BCUT2D eigenvalue weighted by atomic mass is 32.1. The zero-order chi connectivity index (χ0) is 16.0. The van der Waals surface area contributed by atoms with E-state index < -0.39 is 0 Å². The molecule has 6 nitrogen and oxygen atoms in total. The second-order valence-corrected chi connectivity index (χ2v) is 7.36. The van der Waals surface area contributed by atoms with Crippen LogP contribution in [0.5, 0.6) is 0 Å². The van der Waals surface area contributed by atoms with Crippen molar-refractivity contribution in [1.29, 1.82) is 0 Å². The topological polar surface area (TPSA) is 65.5 Å². The maximum absolute atomic E-state index is 12.5. The number of thiophene rings is 1. The molecule has 0 saturated carbocycles. The van der Waals surface area contributed by atoms with Crippen molar-refractivity contribution in [3.63, 3.8) is 0 Å². The van der Waals surface area contributed by atoms with Crippen LogP contribution in [0, 0.1) is 5.92 Å². The Labute approximate surface area is 138 Å². The van der Waals surface area contributed by atoms with Gasteiger partial charge in [-0.05, 0) is 31.0 Å². The Balaban J connectivity index is 1.54. The van der Waals surface area contributed by atoms with E-state index in [1.807, 2.05) is 12.1 Å². The first-order valence-corrected chi connectivity index (χ1v) is 8.56. The van der Waals surface area contributed by atoms with Crippen LogP contribution < -0.4 is 10.2 Å². The van der Waals surface area contributed by atoms with Crippen LogP contribution in [-0.2, 0) is 4.79 Å². The minimum absolute atomic E-state index is 0.107. The first-order chi connectivity index (χ1) is 11.1. The second kappa shape index (κ2) is 5.58. The van der Waals surface area contributed by atoms with Crippen LogP contribution in [0.2, 0.25) is 0 Å². The summed E-state index contributed by atoms with van der Waals surface area (Å²) in [6, 6.07) is 3.96. The highest BCUT2D eigenvalue weighted by molar-refractivity contribution is 7.23. The van der Waals surface area contributed by atoms with E-state index in [9.17, 15) is 9.59 Å². The molecule has 0 aliphatic carbocycles. The van der Waals surface area contributed by atoms with E-state index in [-0.39, 0.29) is 11.9 Å². The van der Waals surface area contributed by atoms with E-state index in [0.29, 0.717) is 11.6 Å². The molecule has 1 N–H and O–H groups in total. The molecule has 4 rings (SSSR count). The lowest BCUT2D eigenvalue weighted by Gasteiger charge is -2.22. The average Bonchev–Trinajstić information content (AvgIpc) is 3.27. The summed E-state index contributed by atoms with van der Waals surface area (Å²) in [7, 11) is 1.71. The van der Waals surface area contributed by atoms with Crippen LogP contribution in [-0.4, -0.2) is 54.9 Å². The van der Waals surface area contributed by atoms with Gasteiger partial charge in [0.25, 0.3) is 5.91 Å². The first kappa shape index (κ1) is 14.6. The lowest BCUT2D eigenvalue weighted by molar-refractivity contribution is -0.107. The predicted molar refractivity (Wildman–Crippen MR) is 89.9 cm³/mol. The lowest BCUT2D eigenvalue weighted by atomic mass is 10.00. The van der Waals surface area contributed by atoms with Crippen molar-refractivity contribution >= 4 is 38.7 Å². The van der Waals surface area contributed by atoms with Crippen molar-refractivity contribution < 1.29 is 9.59 Å². The molecule has 3 atom stereocenters. The van der Waals surface area contributed by atoms with E-state index in [2.05, 4.69) is 15.2 Å². The fourth-order valence-electron chi connectivity index (χ4n) is 3.46. The molecule has 23 heavy (non-hydrogen) atoms. The molecule has 2 amide bonds. The van der Waals surface area contributed by atoms with Crippen LogP contribution in [0.25, 0.3) is 10.1 Å². The maximum atomic E-state index is 12.5. The molecule has 2 unspecified atom stereocenters. The van der Waals surface area contributed by atoms with Crippen molar-refractivity contribution in [1.82, 2.24) is 15.2 Å². The third-order valence-electron chi connectivity index (χ3n) is 4.78. The minimum atomic E-state index is -0.107. The summed E-state index contributed by atoms with van der Waals surface area (Å²) in [5.74, 6) is 0.474. The number of piperidine rings is 1. The number of carbonyl (C=O) groups is 2. The summed E-state index contributed by atoms with van der Waals surface area (Å²) >= 11 is 1.48. The molecule has 120 valence electrons. The molecule has 2 aliphatic rings. The summed E-state index contributed by atoms with van der Waals surface area (Å²) in [6.45, 7) is 3.21. The molecule has 4 heterocycles. The van der Waals surface area contributed by atoms with E-state index in [4.69, 9.17) is 0 Å².